The highest BCUT2D eigenvalue weighted by Crippen LogP contribution is 2.49. The number of carbonyl (C=O) groups excluding carboxylic acids is 3. The topological polar surface area (TPSA) is 81.7 Å². The fourth-order valence-electron chi connectivity index (χ4n) is 5.05. The summed E-state index contributed by atoms with van der Waals surface area (Å²) in [5.41, 5.74) is 3.44. The van der Waals surface area contributed by atoms with Gasteiger partial charge in [-0.2, -0.15) is 0 Å². The molecule has 0 fully saturated rings. The summed E-state index contributed by atoms with van der Waals surface area (Å²) in [6.07, 6.45) is 0.406. The van der Waals surface area contributed by atoms with Crippen LogP contribution in [-0.2, 0) is 23.9 Å². The number of Topliss-reactive ketones (excluding diaryl/α,β-unsaturated/α-hetero) is 1. The Morgan fingerprint density at radius 1 is 1.00 bits per heavy atom. The lowest BCUT2D eigenvalue weighted by molar-refractivity contribution is -0.152. The second-order valence-corrected chi connectivity index (χ2v) is 8.95. The Balaban J connectivity index is 1.91. The number of hydrogen-bond donors (Lipinski definition) is 1. The monoisotopic (exact) mass is 493 g/mol. The molecule has 1 N–H and O–H groups in total. The molecular formula is C28H28ClNO5. The maximum atomic E-state index is 14.2. The van der Waals surface area contributed by atoms with E-state index in [4.69, 9.17) is 21.1 Å². The van der Waals surface area contributed by atoms with E-state index in [0.717, 1.165) is 5.56 Å². The molecule has 0 radical (unpaired) electrons. The lowest BCUT2D eigenvalue weighted by Crippen LogP contribution is -2.43. The molecule has 4 rings (SSSR count). The van der Waals surface area contributed by atoms with Crippen molar-refractivity contribution in [1.82, 2.24) is 5.32 Å². The fraction of sp³-hybridized carbons (Fsp3) is 0.321. The molecule has 6 nitrogen and oxygen atoms in total. The normalized spacial score (nSPS) is 21.8. The number of ether oxygens (including phenoxy) is 2. The largest absolute Gasteiger partial charge is 0.465 e. The fourth-order valence-corrected chi connectivity index (χ4v) is 5.29. The molecule has 0 saturated heterocycles. The Bertz CT molecular complexity index is 1220. The van der Waals surface area contributed by atoms with Crippen LogP contribution in [0.4, 0.5) is 0 Å². The van der Waals surface area contributed by atoms with Crippen LogP contribution in [0.1, 0.15) is 50.2 Å². The summed E-state index contributed by atoms with van der Waals surface area (Å²) in [7, 11) is 0. The lowest BCUT2D eigenvalue weighted by Gasteiger charge is -2.39. The molecule has 35 heavy (non-hydrogen) atoms. The Morgan fingerprint density at radius 3 is 2.31 bits per heavy atom. The van der Waals surface area contributed by atoms with Crippen molar-refractivity contribution >= 4 is 29.3 Å². The molecule has 0 spiro atoms. The van der Waals surface area contributed by atoms with E-state index in [0.29, 0.717) is 39.5 Å². The third-order valence-corrected chi connectivity index (χ3v) is 6.84. The molecule has 0 aromatic heterocycles. The second-order valence-electron chi connectivity index (χ2n) is 8.55. The van der Waals surface area contributed by atoms with E-state index in [1.54, 1.807) is 39.0 Å². The first-order chi connectivity index (χ1) is 16.9. The van der Waals surface area contributed by atoms with Gasteiger partial charge in [0.15, 0.2) is 5.78 Å². The predicted molar refractivity (Wildman–Crippen MR) is 133 cm³/mol. The molecular weight excluding hydrogens is 466 g/mol. The van der Waals surface area contributed by atoms with Crippen LogP contribution in [0.25, 0.3) is 0 Å². The van der Waals surface area contributed by atoms with E-state index in [9.17, 15) is 14.4 Å². The maximum absolute atomic E-state index is 14.2. The van der Waals surface area contributed by atoms with Gasteiger partial charge in [0.05, 0.1) is 18.8 Å². The molecule has 0 amide bonds. The van der Waals surface area contributed by atoms with Crippen molar-refractivity contribution < 1.29 is 23.9 Å². The smallest absolute Gasteiger partial charge is 0.336 e. The molecule has 7 heteroatoms. The van der Waals surface area contributed by atoms with E-state index in [1.807, 2.05) is 36.4 Å². The first-order valence-corrected chi connectivity index (χ1v) is 12.1. The van der Waals surface area contributed by atoms with Gasteiger partial charge >= 0.3 is 11.9 Å². The molecule has 2 aromatic carbocycles. The van der Waals surface area contributed by atoms with Crippen molar-refractivity contribution in [2.75, 3.05) is 13.2 Å². The number of dihydropyridines is 1. The summed E-state index contributed by atoms with van der Waals surface area (Å²) in [4.78, 5) is 40.4. The minimum atomic E-state index is -1.04. The van der Waals surface area contributed by atoms with E-state index in [2.05, 4.69) is 5.32 Å². The number of esters is 2. The maximum Gasteiger partial charge on any atom is 0.336 e. The van der Waals surface area contributed by atoms with Crippen molar-refractivity contribution in [3.8, 4) is 0 Å². The van der Waals surface area contributed by atoms with Gasteiger partial charge in [-0.1, -0.05) is 60.1 Å². The quantitative estimate of drug-likeness (QED) is 0.447. The van der Waals surface area contributed by atoms with Gasteiger partial charge in [-0.05, 0) is 44.4 Å². The minimum absolute atomic E-state index is 0.162. The van der Waals surface area contributed by atoms with Crippen molar-refractivity contribution in [1.29, 1.82) is 0 Å². The van der Waals surface area contributed by atoms with Crippen LogP contribution < -0.4 is 5.32 Å². The Labute approximate surface area is 210 Å². The second kappa shape index (κ2) is 10.5. The first-order valence-electron chi connectivity index (χ1n) is 11.8. The highest BCUT2D eigenvalue weighted by Gasteiger charge is 2.49. The van der Waals surface area contributed by atoms with Crippen LogP contribution in [0.2, 0.25) is 5.02 Å². The van der Waals surface area contributed by atoms with Crippen LogP contribution in [-0.4, -0.2) is 30.9 Å². The highest BCUT2D eigenvalue weighted by atomic mass is 35.5. The Hall–Kier alpha value is -3.38. The molecule has 3 unspecified atom stereocenters. The molecule has 0 saturated carbocycles. The van der Waals surface area contributed by atoms with Gasteiger partial charge < -0.3 is 14.8 Å². The van der Waals surface area contributed by atoms with E-state index in [1.165, 1.54) is 0 Å². The van der Waals surface area contributed by atoms with Crippen LogP contribution in [0, 0.1) is 5.92 Å². The van der Waals surface area contributed by atoms with Crippen LogP contribution >= 0.6 is 11.6 Å². The minimum Gasteiger partial charge on any atom is -0.465 e. The summed E-state index contributed by atoms with van der Waals surface area (Å²) in [6.45, 7) is 5.58. The summed E-state index contributed by atoms with van der Waals surface area (Å²) >= 11 is 6.58. The van der Waals surface area contributed by atoms with Crippen molar-refractivity contribution in [2.45, 2.75) is 39.0 Å². The highest BCUT2D eigenvalue weighted by molar-refractivity contribution is 6.31. The van der Waals surface area contributed by atoms with Crippen molar-refractivity contribution in [3.05, 3.63) is 93.3 Å². The Kier molecular flexibility index (Phi) is 7.41. The van der Waals surface area contributed by atoms with E-state index >= 15 is 0 Å². The first kappa shape index (κ1) is 24.7. The number of ketones is 1. The third kappa shape index (κ3) is 4.63. The van der Waals surface area contributed by atoms with Gasteiger partial charge in [0.25, 0.3) is 0 Å². The van der Waals surface area contributed by atoms with Gasteiger partial charge in [0.1, 0.15) is 5.92 Å². The van der Waals surface area contributed by atoms with Crippen LogP contribution in [0.15, 0.2) is 77.1 Å². The molecule has 2 aromatic rings. The number of carbonyl (C=O) groups is 3. The summed E-state index contributed by atoms with van der Waals surface area (Å²) in [5.74, 6) is -3.67. The number of hydrogen-bond acceptors (Lipinski definition) is 6. The number of nitrogens with one attached hydrogen (secondary N) is 1. The van der Waals surface area contributed by atoms with Gasteiger partial charge in [-0.3, -0.25) is 9.59 Å². The number of benzene rings is 2. The molecule has 2 aliphatic rings. The standard InChI is InChI=1S/C28H28ClNO5/c1-4-34-27(32)22-16(3)30-21-15-19(17-11-7-6-8-12-17)24(28(33)35-5-2)26(31)25(21)23(22)18-13-9-10-14-20(18)29/h6-14,19,23-24,30H,4-5,15H2,1-3H3. The van der Waals surface area contributed by atoms with E-state index in [-0.39, 0.29) is 19.0 Å². The zero-order valence-electron chi connectivity index (χ0n) is 20.0. The SMILES string of the molecule is CCOC(=O)C1=C(C)NC2=C(C(=O)C(C(=O)OCC)C(c3ccccc3)C2)C1c1ccccc1Cl. The summed E-state index contributed by atoms with van der Waals surface area (Å²) in [5, 5.41) is 3.71. The summed E-state index contributed by atoms with van der Waals surface area (Å²) in [6, 6.07) is 16.6. The molecule has 1 aliphatic heterocycles. The van der Waals surface area contributed by atoms with Gasteiger partial charge in [0.2, 0.25) is 0 Å². The number of rotatable bonds is 6. The van der Waals surface area contributed by atoms with Gasteiger partial charge in [-0.25, -0.2) is 4.79 Å². The molecule has 1 heterocycles. The van der Waals surface area contributed by atoms with Crippen molar-refractivity contribution in [2.24, 2.45) is 5.92 Å². The average Bonchev–Trinajstić information content (AvgIpc) is 2.84. The number of allylic oxidation sites excluding steroid dienone is 3. The molecule has 3 atom stereocenters. The van der Waals surface area contributed by atoms with Crippen LogP contribution in [0.5, 0.6) is 0 Å². The van der Waals surface area contributed by atoms with Gasteiger partial charge in [-0.15, -0.1) is 0 Å². The molecule has 182 valence electrons. The lowest BCUT2D eigenvalue weighted by atomic mass is 9.67. The van der Waals surface area contributed by atoms with Gasteiger partial charge in [0, 0.05) is 33.8 Å². The average molecular weight is 494 g/mol. The zero-order chi connectivity index (χ0) is 25.1. The summed E-state index contributed by atoms with van der Waals surface area (Å²) < 4.78 is 10.7. The Morgan fingerprint density at radius 2 is 1.66 bits per heavy atom. The molecule has 0 bridgehead atoms. The van der Waals surface area contributed by atoms with Crippen LogP contribution in [0.3, 0.4) is 0 Å². The zero-order valence-corrected chi connectivity index (χ0v) is 20.7. The predicted octanol–water partition coefficient (Wildman–Crippen LogP) is 5.05. The third-order valence-electron chi connectivity index (χ3n) is 6.50. The molecule has 1 aliphatic carbocycles. The number of halogens is 1. The van der Waals surface area contributed by atoms with Crippen molar-refractivity contribution in [3.63, 3.8) is 0 Å². The van der Waals surface area contributed by atoms with E-state index < -0.39 is 29.7 Å².